The molecule has 0 fully saturated rings. The van der Waals surface area contributed by atoms with Gasteiger partial charge in [-0.2, -0.15) is 4.73 Å². The summed E-state index contributed by atoms with van der Waals surface area (Å²) in [7, 11) is -0.845. The molecular formula is C27H37N6O4P. The second-order valence-electron chi connectivity index (χ2n) is 9.47. The maximum absolute atomic E-state index is 13.3. The molecule has 0 bridgehead atoms. The Morgan fingerprint density at radius 1 is 1.03 bits per heavy atom. The molecule has 204 valence electrons. The van der Waals surface area contributed by atoms with Crippen LogP contribution in [0, 0.1) is 0 Å². The molecule has 10 nitrogen and oxygen atoms in total. The number of nitrogen functional groups attached to an aromatic ring is 1. The number of aryl methyl sites for hydroxylation is 1. The molecule has 4 aromatic rings. The lowest BCUT2D eigenvalue weighted by Gasteiger charge is -2.16. The third kappa shape index (κ3) is 5.01. The first-order valence-electron chi connectivity index (χ1n) is 13.4. The maximum Gasteiger partial charge on any atom is 0.253 e. The first kappa shape index (κ1) is 27.6. The van der Waals surface area contributed by atoms with Gasteiger partial charge in [-0.1, -0.05) is 33.3 Å². The minimum atomic E-state index is -2.47. The Hall–Kier alpha value is -3.39. The molecule has 4 rings (SSSR count). The van der Waals surface area contributed by atoms with Gasteiger partial charge in [0.05, 0.1) is 5.52 Å². The van der Waals surface area contributed by atoms with E-state index in [9.17, 15) is 14.2 Å². The van der Waals surface area contributed by atoms with Crippen molar-refractivity contribution in [2.45, 2.75) is 52.9 Å². The van der Waals surface area contributed by atoms with Crippen LogP contribution in [0.1, 0.15) is 52.3 Å². The number of nitrogens with two attached hydrogens (primary N) is 1. The van der Waals surface area contributed by atoms with E-state index < -0.39 is 18.0 Å². The second-order valence-corrected chi connectivity index (χ2v) is 13.0. The van der Waals surface area contributed by atoms with Gasteiger partial charge in [-0.25, -0.2) is 9.97 Å². The van der Waals surface area contributed by atoms with Gasteiger partial charge >= 0.3 is 0 Å². The van der Waals surface area contributed by atoms with E-state index in [2.05, 4.69) is 22.5 Å². The Balaban J connectivity index is 1.58. The SMILES string of the molecule is CCCCc1nc2c(N)nc3cc(P(=O)(CC)CC)ccc3c2n1OCCCCNc1c(NC)c(=O)c1=O. The Labute approximate surface area is 222 Å². The number of imidazole rings is 1. The van der Waals surface area contributed by atoms with Crippen molar-refractivity contribution < 1.29 is 9.40 Å². The van der Waals surface area contributed by atoms with Gasteiger partial charge in [0.1, 0.15) is 42.0 Å². The highest BCUT2D eigenvalue weighted by Crippen LogP contribution is 2.44. The Bertz CT molecular complexity index is 1560. The summed E-state index contributed by atoms with van der Waals surface area (Å²) in [5.74, 6) is 1.12. The predicted octanol–water partition coefficient (Wildman–Crippen LogP) is 3.50. The number of hydrogen-bond acceptors (Lipinski definition) is 9. The number of anilines is 3. The Morgan fingerprint density at radius 2 is 1.76 bits per heavy atom. The zero-order chi connectivity index (χ0) is 27.4. The van der Waals surface area contributed by atoms with E-state index in [-0.39, 0.29) is 0 Å². The highest BCUT2D eigenvalue weighted by Gasteiger charge is 2.23. The molecule has 11 heteroatoms. The number of pyridine rings is 1. The van der Waals surface area contributed by atoms with E-state index in [1.807, 2.05) is 32.0 Å². The second kappa shape index (κ2) is 11.6. The number of nitrogens with one attached hydrogen (secondary N) is 2. The molecule has 0 saturated heterocycles. The average molecular weight is 541 g/mol. The molecule has 2 aromatic carbocycles. The summed E-state index contributed by atoms with van der Waals surface area (Å²) in [6.45, 7) is 7.02. The summed E-state index contributed by atoms with van der Waals surface area (Å²) in [6.07, 6.45) is 5.38. The van der Waals surface area contributed by atoms with Crippen LogP contribution in [0.4, 0.5) is 17.2 Å². The van der Waals surface area contributed by atoms with Crippen LogP contribution < -0.4 is 37.4 Å². The summed E-state index contributed by atoms with van der Waals surface area (Å²) in [5.41, 5.74) is 8.15. The van der Waals surface area contributed by atoms with E-state index in [1.165, 1.54) is 0 Å². The quantitative estimate of drug-likeness (QED) is 0.124. The highest BCUT2D eigenvalue weighted by molar-refractivity contribution is 7.71. The van der Waals surface area contributed by atoms with E-state index in [4.69, 9.17) is 15.6 Å². The molecule has 0 aliphatic rings. The minimum Gasteiger partial charge on any atom is -0.412 e. The first-order valence-corrected chi connectivity index (χ1v) is 15.4. The number of nitrogens with zero attached hydrogens (tertiary/aromatic N) is 3. The van der Waals surface area contributed by atoms with Crippen molar-refractivity contribution in [3.05, 3.63) is 44.5 Å². The van der Waals surface area contributed by atoms with Gasteiger partial charge in [-0.3, -0.25) is 9.59 Å². The first-order chi connectivity index (χ1) is 18.3. The van der Waals surface area contributed by atoms with Crippen molar-refractivity contribution in [3.8, 4) is 0 Å². The molecule has 0 radical (unpaired) electrons. The van der Waals surface area contributed by atoms with Gasteiger partial charge in [0.15, 0.2) is 5.82 Å². The normalized spacial score (nSPS) is 12.0. The number of hydrogen-bond donors (Lipinski definition) is 3. The van der Waals surface area contributed by atoms with Crippen molar-refractivity contribution >= 4 is 51.6 Å². The van der Waals surface area contributed by atoms with Crippen LogP contribution in [0.2, 0.25) is 0 Å². The summed E-state index contributed by atoms with van der Waals surface area (Å²) in [4.78, 5) is 38.9. The summed E-state index contributed by atoms with van der Waals surface area (Å²) < 4.78 is 15.1. The molecule has 0 saturated carbocycles. The Morgan fingerprint density at radius 3 is 2.45 bits per heavy atom. The zero-order valence-corrected chi connectivity index (χ0v) is 23.5. The van der Waals surface area contributed by atoms with E-state index in [0.29, 0.717) is 53.7 Å². The lowest BCUT2D eigenvalue weighted by molar-refractivity contribution is 0.109. The van der Waals surface area contributed by atoms with Crippen molar-refractivity contribution in [1.82, 2.24) is 14.7 Å². The lowest BCUT2D eigenvalue weighted by Crippen LogP contribution is -2.36. The van der Waals surface area contributed by atoms with Crippen LogP contribution in [0.3, 0.4) is 0 Å². The molecule has 4 N–H and O–H groups in total. The topological polar surface area (TPSA) is 141 Å². The zero-order valence-electron chi connectivity index (χ0n) is 22.6. The average Bonchev–Trinajstić information content (AvgIpc) is 3.30. The highest BCUT2D eigenvalue weighted by atomic mass is 31.2. The molecule has 0 spiro atoms. The fourth-order valence-electron chi connectivity index (χ4n) is 4.73. The van der Waals surface area contributed by atoms with Crippen molar-refractivity contribution in [3.63, 3.8) is 0 Å². The maximum atomic E-state index is 13.3. The van der Waals surface area contributed by atoms with Crippen LogP contribution in [-0.4, -0.2) is 47.2 Å². The molecule has 38 heavy (non-hydrogen) atoms. The smallest absolute Gasteiger partial charge is 0.253 e. The van der Waals surface area contributed by atoms with Gasteiger partial charge in [-0.05, 0) is 31.4 Å². The summed E-state index contributed by atoms with van der Waals surface area (Å²) in [6, 6.07) is 5.79. The van der Waals surface area contributed by atoms with Crippen LogP contribution in [0.25, 0.3) is 21.9 Å². The van der Waals surface area contributed by atoms with Gasteiger partial charge in [0, 0.05) is 43.0 Å². The number of fused-ring (bicyclic) bond motifs is 3. The number of benzene rings is 1. The summed E-state index contributed by atoms with van der Waals surface area (Å²) >= 11 is 0. The van der Waals surface area contributed by atoms with Gasteiger partial charge in [0.2, 0.25) is 0 Å². The molecular weight excluding hydrogens is 503 g/mol. The van der Waals surface area contributed by atoms with Crippen molar-refractivity contribution in [2.75, 3.05) is 48.9 Å². The third-order valence-electron chi connectivity index (χ3n) is 7.12. The summed E-state index contributed by atoms with van der Waals surface area (Å²) in [5, 5.41) is 7.48. The fourth-order valence-corrected chi connectivity index (χ4v) is 6.61. The Kier molecular flexibility index (Phi) is 8.41. The molecule has 0 atom stereocenters. The van der Waals surface area contributed by atoms with Crippen molar-refractivity contribution in [1.29, 1.82) is 0 Å². The van der Waals surface area contributed by atoms with Crippen molar-refractivity contribution in [2.24, 2.45) is 0 Å². The molecule has 0 unspecified atom stereocenters. The minimum absolute atomic E-state index is 0.324. The third-order valence-corrected chi connectivity index (χ3v) is 10.4. The van der Waals surface area contributed by atoms with E-state index >= 15 is 0 Å². The fraction of sp³-hybridized carbons (Fsp3) is 0.481. The van der Waals surface area contributed by atoms with Crippen LogP contribution in [0.5, 0.6) is 0 Å². The van der Waals surface area contributed by atoms with Gasteiger partial charge in [-0.15, -0.1) is 0 Å². The number of aromatic nitrogens is 3. The number of unbranched alkanes of at least 4 members (excludes halogenated alkanes) is 2. The van der Waals surface area contributed by atoms with E-state index in [0.717, 1.165) is 54.1 Å². The largest absolute Gasteiger partial charge is 0.412 e. The van der Waals surface area contributed by atoms with Crippen LogP contribution >= 0.6 is 7.14 Å². The molecule has 2 aromatic heterocycles. The monoisotopic (exact) mass is 540 g/mol. The van der Waals surface area contributed by atoms with Gasteiger partial charge in [0.25, 0.3) is 10.9 Å². The van der Waals surface area contributed by atoms with Crippen LogP contribution in [-0.2, 0) is 11.0 Å². The molecule has 0 aliphatic carbocycles. The lowest BCUT2D eigenvalue weighted by atomic mass is 10.2. The predicted molar refractivity (Wildman–Crippen MR) is 156 cm³/mol. The molecule has 2 heterocycles. The van der Waals surface area contributed by atoms with Crippen LogP contribution in [0.15, 0.2) is 27.8 Å². The van der Waals surface area contributed by atoms with E-state index in [1.54, 1.807) is 11.8 Å². The number of rotatable bonds is 14. The molecule has 0 aliphatic heterocycles. The van der Waals surface area contributed by atoms with Gasteiger partial charge < -0.3 is 25.8 Å². The standard InChI is InChI=1S/C27H37N6O4P/c1-5-8-11-20-32-23-24(18-13-12-17(38(36,6-2)7-3)16-19(18)31-27(23)28)33(20)37-15-10-9-14-30-22-21(29-4)25(34)26(22)35/h12-13,16,29-30H,5-11,14-15H2,1-4H3,(H2,28,31). The molecule has 0 amide bonds.